The molecular weight excluding hydrogens is 408 g/mol. The Balaban J connectivity index is 1.60. The van der Waals surface area contributed by atoms with Crippen molar-refractivity contribution in [1.82, 2.24) is 0 Å². The van der Waals surface area contributed by atoms with E-state index in [1.165, 1.54) is 55.8 Å². The van der Waals surface area contributed by atoms with Crippen LogP contribution in [0, 0.1) is 0 Å². The van der Waals surface area contributed by atoms with Crippen molar-refractivity contribution in [2.45, 2.75) is 31.6 Å². The lowest BCUT2D eigenvalue weighted by Crippen LogP contribution is -2.38. The molecule has 6 rings (SSSR count). The van der Waals surface area contributed by atoms with Crippen molar-refractivity contribution in [3.8, 4) is 11.1 Å². The Labute approximate surface area is 194 Å². The molecule has 0 bridgehead atoms. The molecule has 0 N–H and O–H groups in total. The van der Waals surface area contributed by atoms with Gasteiger partial charge in [-0.15, -0.1) is 0 Å². The third kappa shape index (κ3) is 3.40. The minimum absolute atomic E-state index is 0.561. The maximum absolute atomic E-state index is 6.23. The van der Waals surface area contributed by atoms with E-state index in [9.17, 15) is 0 Å². The second-order valence-corrected chi connectivity index (χ2v) is 9.41. The van der Waals surface area contributed by atoms with Gasteiger partial charge in [0.05, 0.1) is 0 Å². The number of benzene rings is 4. The van der Waals surface area contributed by atoms with Crippen LogP contribution in [0.25, 0.3) is 22.8 Å². The van der Waals surface area contributed by atoms with E-state index in [0.29, 0.717) is 5.92 Å². The Morgan fingerprint density at radius 1 is 0.750 bits per heavy atom. The van der Waals surface area contributed by atoms with Crippen LogP contribution < -0.4 is 10.4 Å². The third-order valence-corrected chi connectivity index (χ3v) is 7.33. The van der Waals surface area contributed by atoms with Gasteiger partial charge >= 0.3 is 0 Å². The molecule has 0 radical (unpaired) electrons. The summed E-state index contributed by atoms with van der Waals surface area (Å²) < 4.78 is 0. The summed E-state index contributed by atoms with van der Waals surface area (Å²) in [6.07, 6.45) is 6.90. The maximum atomic E-state index is 6.23. The molecule has 1 heteroatoms. The van der Waals surface area contributed by atoms with Gasteiger partial charge in [-0.1, -0.05) is 96.5 Å². The highest BCUT2D eigenvalue weighted by atomic mass is 35.5. The number of hydrogen-bond acceptors (Lipinski definition) is 0. The van der Waals surface area contributed by atoms with E-state index in [1.54, 1.807) is 0 Å². The summed E-state index contributed by atoms with van der Waals surface area (Å²) >= 11 is 6.23. The first-order chi connectivity index (χ1) is 15.8. The van der Waals surface area contributed by atoms with Crippen LogP contribution in [0.5, 0.6) is 0 Å². The van der Waals surface area contributed by atoms with Gasteiger partial charge in [0.25, 0.3) is 0 Å². The number of hydrogen-bond donors (Lipinski definition) is 0. The zero-order chi connectivity index (χ0) is 21.5. The van der Waals surface area contributed by atoms with Gasteiger partial charge in [-0.3, -0.25) is 0 Å². The minimum Gasteiger partial charge on any atom is -0.0843 e. The molecule has 1 atom stereocenters. The predicted molar refractivity (Wildman–Crippen MR) is 135 cm³/mol. The molecule has 0 fully saturated rings. The summed E-state index contributed by atoms with van der Waals surface area (Å²) in [4.78, 5) is 0. The van der Waals surface area contributed by atoms with Crippen LogP contribution in [0.1, 0.15) is 41.0 Å². The van der Waals surface area contributed by atoms with Gasteiger partial charge in [0.2, 0.25) is 0 Å². The molecule has 4 aromatic rings. The Morgan fingerprint density at radius 3 is 2.38 bits per heavy atom. The fourth-order valence-electron chi connectivity index (χ4n) is 5.57. The normalized spacial score (nSPS) is 16.5. The molecule has 0 amide bonds. The van der Waals surface area contributed by atoms with Gasteiger partial charge in [0.15, 0.2) is 0 Å². The molecule has 156 valence electrons. The molecule has 0 saturated carbocycles. The zero-order valence-corrected chi connectivity index (χ0v) is 18.8. The monoisotopic (exact) mass is 432 g/mol. The lowest BCUT2D eigenvalue weighted by molar-refractivity contribution is 0.621. The highest BCUT2D eigenvalue weighted by molar-refractivity contribution is 6.30. The molecule has 0 nitrogen and oxygen atoms in total. The summed E-state index contributed by atoms with van der Waals surface area (Å²) in [5.41, 5.74) is 9.77. The molecule has 32 heavy (non-hydrogen) atoms. The third-order valence-electron chi connectivity index (χ3n) is 7.08. The highest BCUT2D eigenvalue weighted by Crippen LogP contribution is 2.33. The largest absolute Gasteiger partial charge is 0.0843 e. The lowest BCUT2D eigenvalue weighted by Gasteiger charge is -2.26. The van der Waals surface area contributed by atoms with Gasteiger partial charge in [0, 0.05) is 5.02 Å². The molecule has 1 unspecified atom stereocenters. The second-order valence-electron chi connectivity index (χ2n) is 8.98. The zero-order valence-electron chi connectivity index (χ0n) is 18.0. The summed E-state index contributed by atoms with van der Waals surface area (Å²) in [5, 5.41) is 3.67. The van der Waals surface area contributed by atoms with E-state index in [1.807, 2.05) is 12.1 Å². The van der Waals surface area contributed by atoms with Gasteiger partial charge in [-0.05, 0) is 93.1 Å². The van der Waals surface area contributed by atoms with Gasteiger partial charge in [-0.2, -0.15) is 0 Å². The SMILES string of the molecule is Clc1ccc(C2=c3c(ccc4c3=CCCC4Cc3ccccc3)-c3ccccc3C2)cc1. The van der Waals surface area contributed by atoms with E-state index in [4.69, 9.17) is 11.6 Å². The Hall–Kier alpha value is -3.09. The van der Waals surface area contributed by atoms with Crippen LogP contribution in [0.15, 0.2) is 91.0 Å². The molecule has 2 aliphatic rings. The van der Waals surface area contributed by atoms with Crippen molar-refractivity contribution in [1.29, 1.82) is 0 Å². The standard InChI is InChI=1S/C31H25Cl/c32-25-15-13-22(14-16-25)30-20-24-9-4-5-11-26(24)29-18-17-27-23(10-6-12-28(27)31(29)30)19-21-7-2-1-3-8-21/h1-5,7-9,11-18,23H,6,10,19-20H2. The van der Waals surface area contributed by atoms with E-state index in [-0.39, 0.29) is 0 Å². The first kappa shape index (κ1) is 19.6. The quantitative estimate of drug-likeness (QED) is 0.339. The van der Waals surface area contributed by atoms with Crippen molar-refractivity contribution < 1.29 is 0 Å². The van der Waals surface area contributed by atoms with Gasteiger partial charge in [-0.25, -0.2) is 0 Å². The van der Waals surface area contributed by atoms with Crippen LogP contribution in [0.3, 0.4) is 0 Å². The summed E-state index contributed by atoms with van der Waals surface area (Å²) in [6.45, 7) is 0. The van der Waals surface area contributed by atoms with Crippen LogP contribution in [-0.2, 0) is 12.8 Å². The van der Waals surface area contributed by atoms with Crippen LogP contribution in [-0.4, -0.2) is 0 Å². The first-order valence-corrected chi connectivity index (χ1v) is 11.9. The summed E-state index contributed by atoms with van der Waals surface area (Å²) in [6, 6.07) is 33.0. The molecule has 0 aliphatic heterocycles. The van der Waals surface area contributed by atoms with Crippen molar-refractivity contribution in [2.24, 2.45) is 0 Å². The van der Waals surface area contributed by atoms with Crippen LogP contribution >= 0.6 is 11.6 Å². The highest BCUT2D eigenvalue weighted by Gasteiger charge is 2.23. The van der Waals surface area contributed by atoms with E-state index in [2.05, 4.69) is 84.9 Å². The molecule has 0 saturated heterocycles. The van der Waals surface area contributed by atoms with Gasteiger partial charge < -0.3 is 0 Å². The van der Waals surface area contributed by atoms with Crippen LogP contribution in [0.4, 0.5) is 0 Å². The lowest BCUT2D eigenvalue weighted by atomic mass is 9.78. The fraction of sp³-hybridized carbons (Fsp3) is 0.161. The summed E-state index contributed by atoms with van der Waals surface area (Å²) in [5.74, 6) is 0.561. The maximum Gasteiger partial charge on any atom is 0.0406 e. The number of rotatable bonds is 3. The Bertz CT molecular complexity index is 1410. The first-order valence-electron chi connectivity index (χ1n) is 11.5. The van der Waals surface area contributed by atoms with Crippen molar-refractivity contribution in [3.05, 3.63) is 129 Å². The van der Waals surface area contributed by atoms with Crippen LogP contribution in [0.2, 0.25) is 5.02 Å². The van der Waals surface area contributed by atoms with E-state index < -0.39 is 0 Å². The van der Waals surface area contributed by atoms with Crippen molar-refractivity contribution >= 4 is 23.3 Å². The van der Waals surface area contributed by atoms with E-state index >= 15 is 0 Å². The predicted octanol–water partition coefficient (Wildman–Crippen LogP) is 6.66. The molecule has 2 aliphatic carbocycles. The molecular formula is C31H25Cl. The summed E-state index contributed by atoms with van der Waals surface area (Å²) in [7, 11) is 0. The van der Waals surface area contributed by atoms with E-state index in [0.717, 1.165) is 24.3 Å². The average Bonchev–Trinajstić information content (AvgIpc) is 2.84. The van der Waals surface area contributed by atoms with Gasteiger partial charge in [0.1, 0.15) is 0 Å². The fourth-order valence-corrected chi connectivity index (χ4v) is 5.70. The average molecular weight is 433 g/mol. The number of fused-ring (bicyclic) bond motifs is 5. The Morgan fingerprint density at radius 2 is 1.53 bits per heavy atom. The second kappa shape index (κ2) is 8.11. The molecule has 0 aromatic heterocycles. The van der Waals surface area contributed by atoms with Crippen molar-refractivity contribution in [3.63, 3.8) is 0 Å². The topological polar surface area (TPSA) is 0 Å². The molecule has 0 spiro atoms. The minimum atomic E-state index is 0.561. The van der Waals surface area contributed by atoms with Crippen molar-refractivity contribution in [2.75, 3.05) is 0 Å². The Kier molecular flexibility index (Phi) is 4.97. The number of halogens is 1. The molecule has 4 aromatic carbocycles. The molecule has 0 heterocycles. The smallest absolute Gasteiger partial charge is 0.0406 e.